The Morgan fingerprint density at radius 1 is 0.951 bits per heavy atom. The van der Waals surface area contributed by atoms with Gasteiger partial charge in [-0.1, -0.05) is 23.5 Å². The number of ether oxygens (including phenoxy) is 1. The van der Waals surface area contributed by atoms with Crippen molar-refractivity contribution in [3.63, 3.8) is 0 Å². The summed E-state index contributed by atoms with van der Waals surface area (Å²) in [5, 5.41) is 16.2. The summed E-state index contributed by atoms with van der Waals surface area (Å²) in [5.74, 6) is 0.481. The van der Waals surface area contributed by atoms with E-state index in [0.717, 1.165) is 65.2 Å². The van der Waals surface area contributed by atoms with Gasteiger partial charge in [0.15, 0.2) is 0 Å². The highest BCUT2D eigenvalue weighted by Gasteiger charge is 2.32. The summed E-state index contributed by atoms with van der Waals surface area (Å²) in [7, 11) is 0. The second kappa shape index (κ2) is 10.2. The van der Waals surface area contributed by atoms with Crippen LogP contribution in [-0.2, 0) is 10.9 Å². The molecule has 0 spiro atoms. The summed E-state index contributed by atoms with van der Waals surface area (Å²) < 4.78 is 61.1. The van der Waals surface area contributed by atoms with Crippen LogP contribution in [0.25, 0.3) is 33.0 Å². The molecule has 12 heteroatoms. The minimum absolute atomic E-state index is 0.277. The molecule has 2 fully saturated rings. The lowest BCUT2D eigenvalue weighted by atomic mass is 10.0. The average molecular weight is 581 g/mol. The smallest absolute Gasteiger partial charge is 0.371 e. The van der Waals surface area contributed by atoms with Crippen molar-refractivity contribution in [1.82, 2.24) is 25.1 Å². The standard InChI is InChI=1S/C29H24F4N6OS/c30-19-7-3-16(4-8-19)26-36-25-22(39(26)20-9-10-20)12-11-21(24(25)23-15-34-13-14-40-23)35-28-38-37-27(41-28)17-1-5-18(6-2-17)29(31,32)33/h1-8,11-12,20,23,34H,9-10,13-15H2,(H,35,38). The third-order valence-electron chi connectivity index (χ3n) is 7.29. The van der Waals surface area contributed by atoms with Crippen LogP contribution in [0.4, 0.5) is 28.4 Å². The summed E-state index contributed by atoms with van der Waals surface area (Å²) in [4.78, 5) is 5.10. The lowest BCUT2D eigenvalue weighted by molar-refractivity contribution is -0.137. The van der Waals surface area contributed by atoms with E-state index in [-0.39, 0.29) is 11.9 Å². The van der Waals surface area contributed by atoms with Gasteiger partial charge in [-0.15, -0.1) is 10.2 Å². The van der Waals surface area contributed by atoms with Crippen molar-refractivity contribution >= 4 is 33.2 Å². The molecule has 3 heterocycles. The Morgan fingerprint density at radius 2 is 1.71 bits per heavy atom. The number of nitrogens with zero attached hydrogens (tertiary/aromatic N) is 4. The molecule has 210 valence electrons. The van der Waals surface area contributed by atoms with Crippen molar-refractivity contribution in [2.45, 2.75) is 31.2 Å². The average Bonchev–Trinajstić information content (AvgIpc) is 3.58. The Bertz CT molecular complexity index is 1700. The summed E-state index contributed by atoms with van der Waals surface area (Å²) in [6.07, 6.45) is -2.58. The predicted molar refractivity (Wildman–Crippen MR) is 149 cm³/mol. The van der Waals surface area contributed by atoms with Crippen LogP contribution in [0.3, 0.4) is 0 Å². The van der Waals surface area contributed by atoms with Gasteiger partial charge in [0.1, 0.15) is 16.6 Å². The fourth-order valence-corrected chi connectivity index (χ4v) is 5.94. The van der Waals surface area contributed by atoms with E-state index in [1.165, 1.54) is 35.6 Å². The summed E-state index contributed by atoms with van der Waals surface area (Å²) >= 11 is 1.24. The van der Waals surface area contributed by atoms with Gasteiger partial charge in [-0.05, 0) is 61.4 Å². The van der Waals surface area contributed by atoms with E-state index in [9.17, 15) is 17.6 Å². The Morgan fingerprint density at radius 3 is 2.39 bits per heavy atom. The van der Waals surface area contributed by atoms with Crippen molar-refractivity contribution in [3.8, 4) is 22.0 Å². The monoisotopic (exact) mass is 580 g/mol. The number of anilines is 2. The van der Waals surface area contributed by atoms with Crippen LogP contribution >= 0.6 is 11.3 Å². The van der Waals surface area contributed by atoms with Gasteiger partial charge in [0.25, 0.3) is 0 Å². The normalized spacial score (nSPS) is 17.7. The molecule has 1 saturated carbocycles. The minimum Gasteiger partial charge on any atom is -0.371 e. The molecule has 1 aliphatic heterocycles. The van der Waals surface area contributed by atoms with E-state index in [0.29, 0.717) is 34.9 Å². The molecular formula is C29H24F4N6OS. The first-order valence-corrected chi connectivity index (χ1v) is 14.1. The molecular weight excluding hydrogens is 556 g/mol. The molecule has 1 unspecified atom stereocenters. The van der Waals surface area contributed by atoms with Crippen molar-refractivity contribution in [2.75, 3.05) is 25.0 Å². The quantitative estimate of drug-likeness (QED) is 0.208. The highest BCUT2D eigenvalue weighted by molar-refractivity contribution is 7.18. The Balaban J connectivity index is 1.29. The SMILES string of the molecule is Fc1ccc(-c2nc3c(C4CNCCO4)c(Nc4nnc(-c5ccc(C(F)(F)F)cc5)s4)ccc3n2C2CC2)cc1. The van der Waals surface area contributed by atoms with E-state index < -0.39 is 11.7 Å². The van der Waals surface area contributed by atoms with Crippen molar-refractivity contribution in [3.05, 3.63) is 77.6 Å². The molecule has 0 radical (unpaired) electrons. The van der Waals surface area contributed by atoms with E-state index in [4.69, 9.17) is 9.72 Å². The Kier molecular flexibility index (Phi) is 6.48. The van der Waals surface area contributed by atoms with Crippen LogP contribution in [0.5, 0.6) is 0 Å². The molecule has 3 aromatic carbocycles. The van der Waals surface area contributed by atoms with E-state index in [1.807, 2.05) is 12.1 Å². The lowest BCUT2D eigenvalue weighted by Crippen LogP contribution is -2.33. The van der Waals surface area contributed by atoms with E-state index in [2.05, 4.69) is 25.4 Å². The lowest BCUT2D eigenvalue weighted by Gasteiger charge is -2.26. The van der Waals surface area contributed by atoms with Gasteiger partial charge in [-0.25, -0.2) is 9.37 Å². The molecule has 2 N–H and O–H groups in total. The Hall–Kier alpha value is -3.87. The van der Waals surface area contributed by atoms with Crippen LogP contribution in [-0.4, -0.2) is 39.4 Å². The largest absolute Gasteiger partial charge is 0.416 e. The molecule has 1 atom stereocenters. The summed E-state index contributed by atoms with van der Waals surface area (Å²) in [5.41, 5.74) is 4.07. The zero-order valence-electron chi connectivity index (χ0n) is 21.6. The maximum Gasteiger partial charge on any atom is 0.416 e. The number of hydrogen-bond acceptors (Lipinski definition) is 7. The van der Waals surface area contributed by atoms with E-state index in [1.54, 1.807) is 12.1 Å². The molecule has 41 heavy (non-hydrogen) atoms. The molecule has 1 aliphatic carbocycles. The van der Waals surface area contributed by atoms with E-state index >= 15 is 0 Å². The van der Waals surface area contributed by atoms with Crippen LogP contribution in [0.1, 0.15) is 36.1 Å². The number of aromatic nitrogens is 4. The minimum atomic E-state index is -4.40. The van der Waals surface area contributed by atoms with Gasteiger partial charge in [0, 0.05) is 41.5 Å². The van der Waals surface area contributed by atoms with Gasteiger partial charge < -0.3 is 19.9 Å². The first-order valence-electron chi connectivity index (χ1n) is 13.3. The molecule has 2 aromatic heterocycles. The summed E-state index contributed by atoms with van der Waals surface area (Å²) in [6, 6.07) is 15.6. The second-order valence-electron chi connectivity index (χ2n) is 10.1. The molecule has 7 nitrogen and oxygen atoms in total. The number of alkyl halides is 3. The molecule has 1 saturated heterocycles. The topological polar surface area (TPSA) is 76.9 Å². The van der Waals surface area contributed by atoms with Crippen LogP contribution < -0.4 is 10.6 Å². The molecule has 0 amide bonds. The molecule has 0 bridgehead atoms. The number of imidazole rings is 1. The fourth-order valence-electron chi connectivity index (χ4n) is 5.18. The molecule has 5 aromatic rings. The summed E-state index contributed by atoms with van der Waals surface area (Å²) in [6.45, 7) is 1.90. The van der Waals surface area contributed by atoms with Crippen molar-refractivity contribution in [2.24, 2.45) is 0 Å². The number of hydrogen-bond donors (Lipinski definition) is 2. The van der Waals surface area contributed by atoms with Crippen LogP contribution in [0.2, 0.25) is 0 Å². The number of fused-ring (bicyclic) bond motifs is 1. The highest BCUT2D eigenvalue weighted by atomic mass is 32.1. The van der Waals surface area contributed by atoms with Crippen molar-refractivity contribution in [1.29, 1.82) is 0 Å². The van der Waals surface area contributed by atoms with Crippen LogP contribution in [0, 0.1) is 5.82 Å². The third-order valence-corrected chi connectivity index (χ3v) is 8.18. The fraction of sp³-hybridized carbons (Fsp3) is 0.276. The zero-order valence-corrected chi connectivity index (χ0v) is 22.4. The van der Waals surface area contributed by atoms with Gasteiger partial charge >= 0.3 is 6.18 Å². The maximum atomic E-state index is 13.7. The first-order chi connectivity index (χ1) is 19.8. The molecule has 7 rings (SSSR count). The highest BCUT2D eigenvalue weighted by Crippen LogP contribution is 2.44. The van der Waals surface area contributed by atoms with Gasteiger partial charge in [0.2, 0.25) is 5.13 Å². The van der Waals surface area contributed by atoms with Gasteiger partial charge in [-0.3, -0.25) is 0 Å². The third kappa shape index (κ3) is 5.07. The predicted octanol–water partition coefficient (Wildman–Crippen LogP) is 7.12. The van der Waals surface area contributed by atoms with Crippen LogP contribution in [0.15, 0.2) is 60.7 Å². The zero-order chi connectivity index (χ0) is 28.1. The van der Waals surface area contributed by atoms with Gasteiger partial charge in [0.05, 0.1) is 29.3 Å². The second-order valence-corrected chi connectivity index (χ2v) is 11.1. The number of rotatable bonds is 6. The number of benzene rings is 3. The number of halogens is 4. The Labute approximate surface area is 236 Å². The molecule has 2 aliphatic rings. The van der Waals surface area contributed by atoms with Gasteiger partial charge in [-0.2, -0.15) is 13.2 Å². The first kappa shape index (κ1) is 26.1. The maximum absolute atomic E-state index is 13.7. The van der Waals surface area contributed by atoms with Crippen molar-refractivity contribution < 1.29 is 22.3 Å². The number of morpholine rings is 1. The number of nitrogens with one attached hydrogen (secondary N) is 2.